The SMILES string of the molecule is CC(C(=O)OCC(=O)c1ccc(OC(=O)c2ccco2)cc1)N1C(=O)c2cccc([N+](=O)[O-])c2C1=O. The third-order valence-electron chi connectivity index (χ3n) is 5.30. The van der Waals surface area contributed by atoms with E-state index < -0.39 is 58.4 Å². The van der Waals surface area contributed by atoms with E-state index in [9.17, 15) is 34.1 Å². The van der Waals surface area contributed by atoms with Crippen molar-refractivity contribution in [3.63, 3.8) is 0 Å². The van der Waals surface area contributed by atoms with Crippen LogP contribution in [0.3, 0.4) is 0 Å². The van der Waals surface area contributed by atoms with Crippen molar-refractivity contribution in [2.24, 2.45) is 0 Å². The molecule has 0 radical (unpaired) electrons. The molecular weight excluding hydrogens is 476 g/mol. The molecule has 182 valence electrons. The fraction of sp³-hybridized carbons (Fsp3) is 0.125. The van der Waals surface area contributed by atoms with Crippen LogP contribution in [-0.2, 0) is 9.53 Å². The molecule has 1 atom stereocenters. The molecule has 36 heavy (non-hydrogen) atoms. The van der Waals surface area contributed by atoms with Crippen molar-refractivity contribution >= 4 is 35.2 Å². The number of ether oxygens (including phenoxy) is 2. The summed E-state index contributed by atoms with van der Waals surface area (Å²) in [6.45, 7) is 0.514. The molecule has 1 aromatic heterocycles. The van der Waals surface area contributed by atoms with Gasteiger partial charge in [-0.25, -0.2) is 9.59 Å². The summed E-state index contributed by atoms with van der Waals surface area (Å²) >= 11 is 0. The van der Waals surface area contributed by atoms with Crippen LogP contribution in [0.2, 0.25) is 0 Å². The lowest BCUT2D eigenvalue weighted by atomic mass is 10.1. The number of furan rings is 1. The average Bonchev–Trinajstić information content (AvgIpc) is 3.49. The highest BCUT2D eigenvalue weighted by molar-refractivity contribution is 6.24. The standard InChI is InChI=1S/C24H16N2O10/c1-13(25-21(28)16-4-2-5-17(26(32)33)20(16)22(25)29)23(30)35-12-18(27)14-7-9-15(10-8-14)36-24(31)19-6-3-11-34-19/h2-11,13H,12H2,1H3. The van der Waals surface area contributed by atoms with Crippen molar-refractivity contribution in [2.75, 3.05) is 6.61 Å². The summed E-state index contributed by atoms with van der Waals surface area (Å²) in [7, 11) is 0. The second-order valence-corrected chi connectivity index (χ2v) is 7.54. The first-order valence-electron chi connectivity index (χ1n) is 10.4. The molecule has 0 saturated heterocycles. The van der Waals surface area contributed by atoms with Gasteiger partial charge in [0.2, 0.25) is 5.76 Å². The van der Waals surface area contributed by atoms with Crippen LogP contribution in [-0.4, -0.2) is 52.0 Å². The molecular formula is C24H16N2O10. The Morgan fingerprint density at radius 3 is 2.39 bits per heavy atom. The Morgan fingerprint density at radius 1 is 1.03 bits per heavy atom. The first-order chi connectivity index (χ1) is 17.2. The van der Waals surface area contributed by atoms with Crippen molar-refractivity contribution in [1.29, 1.82) is 0 Å². The largest absolute Gasteiger partial charge is 0.457 e. The quantitative estimate of drug-likeness (QED) is 0.114. The summed E-state index contributed by atoms with van der Waals surface area (Å²) in [6.07, 6.45) is 1.32. The number of hydrogen-bond donors (Lipinski definition) is 0. The second kappa shape index (κ2) is 9.62. The van der Waals surface area contributed by atoms with Gasteiger partial charge in [-0.1, -0.05) is 6.07 Å². The number of nitro benzene ring substituents is 1. The lowest BCUT2D eigenvalue weighted by Gasteiger charge is -2.20. The van der Waals surface area contributed by atoms with Crippen LogP contribution < -0.4 is 4.74 Å². The van der Waals surface area contributed by atoms with E-state index in [1.54, 1.807) is 0 Å². The molecule has 0 saturated carbocycles. The predicted molar refractivity (Wildman–Crippen MR) is 118 cm³/mol. The Bertz CT molecular complexity index is 1390. The van der Waals surface area contributed by atoms with Crippen LogP contribution in [0.5, 0.6) is 5.75 Å². The normalized spacial score (nSPS) is 13.2. The van der Waals surface area contributed by atoms with Gasteiger partial charge in [0.05, 0.1) is 16.7 Å². The summed E-state index contributed by atoms with van der Waals surface area (Å²) in [5.41, 5.74) is -1.01. The number of fused-ring (bicyclic) bond motifs is 1. The Hall–Kier alpha value is -5.13. The van der Waals surface area contributed by atoms with E-state index in [1.807, 2.05) is 0 Å². The van der Waals surface area contributed by atoms with E-state index in [-0.39, 0.29) is 22.6 Å². The molecule has 2 heterocycles. The number of carbonyl (C=O) groups excluding carboxylic acids is 5. The minimum atomic E-state index is -1.44. The summed E-state index contributed by atoms with van der Waals surface area (Å²) < 4.78 is 15.0. The number of amides is 2. The van der Waals surface area contributed by atoms with Gasteiger partial charge in [-0.05, 0) is 49.4 Å². The zero-order chi connectivity index (χ0) is 26.0. The smallest absolute Gasteiger partial charge is 0.379 e. The molecule has 12 heteroatoms. The first-order valence-corrected chi connectivity index (χ1v) is 10.4. The summed E-state index contributed by atoms with van der Waals surface area (Å²) in [5, 5.41) is 11.2. The topological polar surface area (TPSA) is 163 Å². The van der Waals surface area contributed by atoms with Crippen LogP contribution in [0, 0.1) is 10.1 Å². The highest BCUT2D eigenvalue weighted by atomic mass is 16.6. The molecule has 2 aromatic carbocycles. The molecule has 0 aliphatic carbocycles. The molecule has 1 unspecified atom stereocenters. The third kappa shape index (κ3) is 4.46. The number of hydrogen-bond acceptors (Lipinski definition) is 10. The number of esters is 2. The van der Waals surface area contributed by atoms with Gasteiger partial charge in [-0.3, -0.25) is 29.4 Å². The average molecular weight is 492 g/mol. The van der Waals surface area contributed by atoms with Crippen molar-refractivity contribution < 1.29 is 42.8 Å². The van der Waals surface area contributed by atoms with E-state index in [0.717, 1.165) is 6.07 Å². The number of nitrogens with zero attached hydrogens (tertiary/aromatic N) is 2. The van der Waals surface area contributed by atoms with E-state index in [4.69, 9.17) is 13.9 Å². The van der Waals surface area contributed by atoms with Crippen molar-refractivity contribution in [3.8, 4) is 5.75 Å². The molecule has 12 nitrogen and oxygen atoms in total. The second-order valence-electron chi connectivity index (χ2n) is 7.54. The van der Waals surface area contributed by atoms with E-state index in [0.29, 0.717) is 4.90 Å². The van der Waals surface area contributed by atoms with Crippen LogP contribution >= 0.6 is 0 Å². The van der Waals surface area contributed by atoms with Crippen LogP contribution in [0.25, 0.3) is 0 Å². The summed E-state index contributed by atoms with van der Waals surface area (Å²) in [5.74, 6) is -4.10. The number of carbonyl (C=O) groups is 5. The summed E-state index contributed by atoms with van der Waals surface area (Å²) in [6, 6.07) is 10.6. The fourth-order valence-corrected chi connectivity index (χ4v) is 3.50. The maximum absolute atomic E-state index is 12.7. The van der Waals surface area contributed by atoms with Gasteiger partial charge >= 0.3 is 11.9 Å². The lowest BCUT2D eigenvalue weighted by molar-refractivity contribution is -0.385. The number of nitro groups is 1. The molecule has 0 bridgehead atoms. The number of imide groups is 1. The van der Waals surface area contributed by atoms with Gasteiger partial charge in [0, 0.05) is 11.6 Å². The molecule has 0 fully saturated rings. The Balaban J connectivity index is 1.37. The van der Waals surface area contributed by atoms with Gasteiger partial charge in [0.1, 0.15) is 17.4 Å². The van der Waals surface area contributed by atoms with Crippen molar-refractivity contribution in [3.05, 3.63) is 93.4 Å². The van der Waals surface area contributed by atoms with E-state index in [1.165, 1.54) is 61.7 Å². The number of ketones is 1. The zero-order valence-corrected chi connectivity index (χ0v) is 18.5. The molecule has 0 N–H and O–H groups in total. The predicted octanol–water partition coefficient (Wildman–Crippen LogP) is 2.82. The van der Waals surface area contributed by atoms with Crippen molar-refractivity contribution in [2.45, 2.75) is 13.0 Å². The van der Waals surface area contributed by atoms with Crippen LogP contribution in [0.1, 0.15) is 48.6 Å². The maximum Gasteiger partial charge on any atom is 0.379 e. The van der Waals surface area contributed by atoms with Crippen LogP contribution in [0.15, 0.2) is 65.3 Å². The molecule has 1 aliphatic rings. The lowest BCUT2D eigenvalue weighted by Crippen LogP contribution is -2.44. The summed E-state index contributed by atoms with van der Waals surface area (Å²) in [4.78, 5) is 73.1. The van der Waals surface area contributed by atoms with Gasteiger partial charge < -0.3 is 13.9 Å². The van der Waals surface area contributed by atoms with E-state index >= 15 is 0 Å². The highest BCUT2D eigenvalue weighted by Crippen LogP contribution is 2.32. The molecule has 4 rings (SSSR count). The highest BCUT2D eigenvalue weighted by Gasteiger charge is 2.45. The van der Waals surface area contributed by atoms with Crippen LogP contribution in [0.4, 0.5) is 5.69 Å². The van der Waals surface area contributed by atoms with Gasteiger partial charge in [0.15, 0.2) is 12.4 Å². The monoisotopic (exact) mass is 492 g/mol. The number of rotatable bonds is 8. The Morgan fingerprint density at radius 2 is 1.75 bits per heavy atom. The zero-order valence-electron chi connectivity index (χ0n) is 18.5. The number of benzene rings is 2. The van der Waals surface area contributed by atoms with Gasteiger partial charge in [-0.2, -0.15) is 0 Å². The third-order valence-corrected chi connectivity index (χ3v) is 5.30. The minimum Gasteiger partial charge on any atom is -0.457 e. The van der Waals surface area contributed by atoms with E-state index in [2.05, 4.69) is 0 Å². The number of Topliss-reactive ketones (excluding diaryl/α,β-unsaturated/α-hetero) is 1. The Labute approximate surface area is 202 Å². The Kier molecular flexibility index (Phi) is 6.42. The van der Waals surface area contributed by atoms with Crippen molar-refractivity contribution in [1.82, 2.24) is 4.90 Å². The first kappa shape index (κ1) is 24.0. The maximum atomic E-state index is 12.7. The molecule has 3 aromatic rings. The minimum absolute atomic E-state index is 0.00357. The molecule has 0 spiro atoms. The molecule has 2 amide bonds. The fourth-order valence-electron chi connectivity index (χ4n) is 3.50. The molecule has 1 aliphatic heterocycles. The van der Waals surface area contributed by atoms with Gasteiger partial charge in [-0.15, -0.1) is 0 Å². The van der Waals surface area contributed by atoms with Gasteiger partial charge in [0.25, 0.3) is 17.5 Å².